The highest BCUT2D eigenvalue weighted by Gasteiger charge is 2.22. The van der Waals surface area contributed by atoms with E-state index in [1.807, 2.05) is 0 Å². The van der Waals surface area contributed by atoms with E-state index >= 15 is 0 Å². The van der Waals surface area contributed by atoms with Crippen LogP contribution in [0.1, 0.15) is 6.92 Å². The molecule has 0 amide bonds. The van der Waals surface area contributed by atoms with Crippen molar-refractivity contribution in [3.8, 4) is 22.9 Å². The van der Waals surface area contributed by atoms with Gasteiger partial charge in [0.25, 0.3) is 0 Å². The minimum absolute atomic E-state index is 0.0446. The summed E-state index contributed by atoms with van der Waals surface area (Å²) in [5, 5.41) is 0.401. The summed E-state index contributed by atoms with van der Waals surface area (Å²) >= 11 is 5.79. The summed E-state index contributed by atoms with van der Waals surface area (Å²) in [4.78, 5) is 16.8. The van der Waals surface area contributed by atoms with Gasteiger partial charge in [-0.1, -0.05) is 18.5 Å². The second-order valence-electron chi connectivity index (χ2n) is 5.06. The molecule has 0 N–H and O–H groups in total. The molecule has 0 saturated heterocycles. The van der Waals surface area contributed by atoms with Gasteiger partial charge >= 0.3 is 0 Å². The third-order valence-electron chi connectivity index (χ3n) is 3.48. The molecule has 0 fully saturated rings. The lowest BCUT2D eigenvalue weighted by molar-refractivity contribution is 0.597. The van der Waals surface area contributed by atoms with E-state index in [-0.39, 0.29) is 10.6 Å². The molecule has 0 aliphatic heterocycles. The van der Waals surface area contributed by atoms with Crippen LogP contribution in [0.3, 0.4) is 0 Å². The molecule has 0 atom stereocenters. The van der Waals surface area contributed by atoms with Crippen LogP contribution >= 0.6 is 11.6 Å². The number of pyridine rings is 1. The van der Waals surface area contributed by atoms with E-state index in [1.165, 1.54) is 24.7 Å². The van der Waals surface area contributed by atoms with Crippen LogP contribution in [0.4, 0.5) is 0 Å². The van der Waals surface area contributed by atoms with Crippen molar-refractivity contribution in [3.63, 3.8) is 0 Å². The second-order valence-corrected chi connectivity index (χ2v) is 7.74. The predicted octanol–water partition coefficient (Wildman–Crippen LogP) is 2.39. The number of hydrogen-bond donors (Lipinski definition) is 0. The lowest BCUT2D eigenvalue weighted by atomic mass is 10.2. The van der Waals surface area contributed by atoms with Crippen molar-refractivity contribution in [2.24, 2.45) is 7.05 Å². The Morgan fingerprint density at radius 1 is 1.12 bits per heavy atom. The maximum atomic E-state index is 12.5. The van der Waals surface area contributed by atoms with Gasteiger partial charge in [-0.2, -0.15) is 0 Å². The first-order chi connectivity index (χ1) is 11.4. The van der Waals surface area contributed by atoms with Crippen molar-refractivity contribution >= 4 is 21.4 Å². The number of aryl methyl sites for hydroxylation is 1. The fraction of sp³-hybridized carbons (Fsp3) is 0.200. The smallest absolute Gasteiger partial charge is 0.180 e. The van der Waals surface area contributed by atoms with Gasteiger partial charge in [-0.25, -0.2) is 23.4 Å². The number of rotatable bonds is 4. The average molecular weight is 364 g/mol. The fourth-order valence-electron chi connectivity index (χ4n) is 2.18. The van der Waals surface area contributed by atoms with Gasteiger partial charge in [-0.05, 0) is 6.07 Å². The third kappa shape index (κ3) is 3.02. The summed E-state index contributed by atoms with van der Waals surface area (Å²) in [6.07, 6.45) is 7.75. The fourth-order valence-corrected chi connectivity index (χ4v) is 3.34. The largest absolute Gasteiger partial charge is 0.333 e. The summed E-state index contributed by atoms with van der Waals surface area (Å²) in [7, 11) is -1.73. The van der Waals surface area contributed by atoms with Crippen LogP contribution in [0.2, 0.25) is 5.02 Å². The van der Waals surface area contributed by atoms with E-state index in [4.69, 9.17) is 11.6 Å². The molecule has 0 bridgehead atoms. The highest BCUT2D eigenvalue weighted by atomic mass is 35.5. The number of halogens is 1. The summed E-state index contributed by atoms with van der Waals surface area (Å²) in [6.45, 7) is 1.59. The number of nitrogens with zero attached hydrogens (tertiary/aromatic N) is 5. The molecular formula is C15H14ClN5O2S. The van der Waals surface area contributed by atoms with Gasteiger partial charge in [-0.3, -0.25) is 4.98 Å². The SMILES string of the molecule is CCS(=O)(=O)c1cc(-c2ncc(Cl)cn2)cnc1-c1nccn1C. The van der Waals surface area contributed by atoms with E-state index in [1.54, 1.807) is 30.9 Å². The van der Waals surface area contributed by atoms with E-state index in [0.717, 1.165) is 0 Å². The summed E-state index contributed by atoms with van der Waals surface area (Å²) in [6, 6.07) is 1.53. The topological polar surface area (TPSA) is 90.6 Å². The van der Waals surface area contributed by atoms with E-state index in [0.29, 0.717) is 27.9 Å². The van der Waals surface area contributed by atoms with Gasteiger partial charge in [-0.15, -0.1) is 0 Å². The summed E-state index contributed by atoms with van der Waals surface area (Å²) < 4.78 is 26.8. The van der Waals surface area contributed by atoms with Crippen molar-refractivity contribution in [2.45, 2.75) is 11.8 Å². The molecule has 24 heavy (non-hydrogen) atoms. The van der Waals surface area contributed by atoms with Crippen molar-refractivity contribution in [1.82, 2.24) is 24.5 Å². The standard InChI is InChI=1S/C15H14ClN5O2S/c1-3-24(22,23)12-6-10(14-19-8-11(16)9-20-14)7-18-13(12)15-17-4-5-21(15)2/h4-9H,3H2,1-2H3. The Labute approximate surface area is 144 Å². The molecule has 0 aliphatic carbocycles. The molecule has 0 spiro atoms. The van der Waals surface area contributed by atoms with Gasteiger partial charge in [0.2, 0.25) is 0 Å². The van der Waals surface area contributed by atoms with E-state index < -0.39 is 9.84 Å². The zero-order valence-corrected chi connectivity index (χ0v) is 14.6. The predicted molar refractivity (Wildman–Crippen MR) is 90.2 cm³/mol. The highest BCUT2D eigenvalue weighted by molar-refractivity contribution is 7.91. The maximum absolute atomic E-state index is 12.5. The first kappa shape index (κ1) is 16.5. The third-order valence-corrected chi connectivity index (χ3v) is 5.42. The molecule has 124 valence electrons. The van der Waals surface area contributed by atoms with Crippen molar-refractivity contribution in [2.75, 3.05) is 5.75 Å². The Morgan fingerprint density at radius 3 is 2.42 bits per heavy atom. The van der Waals surface area contributed by atoms with Crippen LogP contribution in [-0.4, -0.2) is 38.7 Å². The molecule has 0 aliphatic rings. The summed E-state index contributed by atoms with van der Waals surface area (Å²) in [5.74, 6) is 0.785. The summed E-state index contributed by atoms with van der Waals surface area (Å²) in [5.41, 5.74) is 0.804. The first-order valence-electron chi connectivity index (χ1n) is 7.11. The van der Waals surface area contributed by atoms with Crippen LogP contribution in [0.5, 0.6) is 0 Å². The average Bonchev–Trinajstić information content (AvgIpc) is 3.01. The van der Waals surface area contributed by atoms with Crippen LogP contribution in [0.15, 0.2) is 41.9 Å². The molecule has 0 unspecified atom stereocenters. The Hall–Kier alpha value is -2.32. The van der Waals surface area contributed by atoms with Crippen LogP contribution < -0.4 is 0 Å². The number of hydrogen-bond acceptors (Lipinski definition) is 6. The minimum Gasteiger partial charge on any atom is -0.333 e. The molecule has 3 rings (SSSR count). The lowest BCUT2D eigenvalue weighted by Gasteiger charge is -2.10. The Morgan fingerprint density at radius 2 is 1.83 bits per heavy atom. The molecule has 0 aromatic carbocycles. The van der Waals surface area contributed by atoms with Crippen LogP contribution in [-0.2, 0) is 16.9 Å². The molecule has 9 heteroatoms. The molecule has 3 aromatic heterocycles. The number of sulfone groups is 1. The quantitative estimate of drug-likeness (QED) is 0.706. The van der Waals surface area contributed by atoms with E-state index in [9.17, 15) is 8.42 Å². The number of imidazole rings is 1. The zero-order valence-electron chi connectivity index (χ0n) is 13.0. The Kier molecular flexibility index (Phi) is 4.33. The molecule has 0 saturated carbocycles. The molecule has 3 heterocycles. The van der Waals surface area contributed by atoms with Gasteiger partial charge in [0.05, 0.1) is 15.7 Å². The molecular weight excluding hydrogens is 350 g/mol. The van der Waals surface area contributed by atoms with Gasteiger partial charge in [0.15, 0.2) is 21.5 Å². The van der Waals surface area contributed by atoms with Crippen LogP contribution in [0, 0.1) is 0 Å². The molecule has 7 nitrogen and oxygen atoms in total. The van der Waals surface area contributed by atoms with Crippen molar-refractivity contribution in [1.29, 1.82) is 0 Å². The molecule has 0 radical (unpaired) electrons. The second kappa shape index (κ2) is 6.29. The lowest BCUT2D eigenvalue weighted by Crippen LogP contribution is -2.09. The number of aromatic nitrogens is 5. The molecule has 3 aromatic rings. The zero-order chi connectivity index (χ0) is 17.3. The Balaban J connectivity index is 2.22. The van der Waals surface area contributed by atoms with Gasteiger partial charge in [0, 0.05) is 43.6 Å². The first-order valence-corrected chi connectivity index (χ1v) is 9.14. The van der Waals surface area contributed by atoms with Gasteiger partial charge < -0.3 is 4.57 Å². The van der Waals surface area contributed by atoms with E-state index in [2.05, 4.69) is 19.9 Å². The van der Waals surface area contributed by atoms with Crippen molar-refractivity contribution in [3.05, 3.63) is 42.1 Å². The highest BCUT2D eigenvalue weighted by Crippen LogP contribution is 2.28. The van der Waals surface area contributed by atoms with Gasteiger partial charge in [0.1, 0.15) is 5.69 Å². The van der Waals surface area contributed by atoms with Crippen molar-refractivity contribution < 1.29 is 8.42 Å². The Bertz CT molecular complexity index is 983. The minimum atomic E-state index is -3.51. The maximum Gasteiger partial charge on any atom is 0.180 e. The normalized spacial score (nSPS) is 11.6. The van der Waals surface area contributed by atoms with Crippen LogP contribution in [0.25, 0.3) is 22.9 Å². The monoisotopic (exact) mass is 363 g/mol.